The van der Waals surface area contributed by atoms with Gasteiger partial charge in [-0.2, -0.15) is 0 Å². The molecule has 1 heterocycles. The Morgan fingerprint density at radius 2 is 2.31 bits per heavy atom. The number of aliphatic carboxylic acids is 1. The number of carboxylic acid groups (broad SMARTS) is 1. The lowest BCUT2D eigenvalue weighted by Gasteiger charge is -1.99. The molecule has 7 heteroatoms. The average molecular weight is 205 g/mol. The lowest BCUT2D eigenvalue weighted by molar-refractivity contribution is -0.131. The van der Waals surface area contributed by atoms with Gasteiger partial charge in [-0.25, -0.2) is 18.2 Å². The van der Waals surface area contributed by atoms with Gasteiger partial charge >= 0.3 is 5.97 Å². The summed E-state index contributed by atoms with van der Waals surface area (Å²) in [5.74, 6) is -1.50. The van der Waals surface area contributed by atoms with Gasteiger partial charge in [0.25, 0.3) is 0 Å². The first-order valence-corrected chi connectivity index (χ1v) is 4.72. The van der Waals surface area contributed by atoms with Crippen LogP contribution in [0.2, 0.25) is 0 Å². The van der Waals surface area contributed by atoms with Gasteiger partial charge in [0, 0.05) is 7.11 Å². The largest absolute Gasteiger partial charge is 0.477 e. The lowest BCUT2D eigenvalue weighted by Crippen LogP contribution is -2.21. The molecule has 1 aliphatic rings. The Morgan fingerprint density at radius 3 is 2.69 bits per heavy atom. The van der Waals surface area contributed by atoms with E-state index in [2.05, 4.69) is 9.73 Å². The van der Waals surface area contributed by atoms with Gasteiger partial charge in [-0.15, -0.1) is 0 Å². The zero-order valence-corrected chi connectivity index (χ0v) is 7.54. The van der Waals surface area contributed by atoms with Crippen LogP contribution in [0.15, 0.2) is 16.1 Å². The molecule has 0 spiro atoms. The topological polar surface area (TPSA) is 93.0 Å². The molecule has 0 saturated heterocycles. The summed E-state index contributed by atoms with van der Waals surface area (Å²) in [6.45, 7) is -0.213. The van der Waals surface area contributed by atoms with E-state index in [9.17, 15) is 13.2 Å². The number of carboxylic acids is 1. The van der Waals surface area contributed by atoms with Crippen LogP contribution >= 0.6 is 0 Å². The summed E-state index contributed by atoms with van der Waals surface area (Å²) in [4.78, 5) is 13.1. The molecule has 0 aromatic rings. The van der Waals surface area contributed by atoms with Crippen molar-refractivity contribution in [3.8, 4) is 0 Å². The number of sulfone groups is 1. The standard InChI is InChI=1S/C6H7NO5S/c1-12-3-5-7-2-4(6(8)9)13(5,10)11/h2H,3H2,1H3,(H,8,9). The summed E-state index contributed by atoms with van der Waals surface area (Å²) < 4.78 is 27.1. The Morgan fingerprint density at radius 1 is 1.69 bits per heavy atom. The van der Waals surface area contributed by atoms with Crippen molar-refractivity contribution in [1.82, 2.24) is 0 Å². The van der Waals surface area contributed by atoms with E-state index in [-0.39, 0.29) is 11.7 Å². The van der Waals surface area contributed by atoms with E-state index in [0.717, 1.165) is 6.20 Å². The van der Waals surface area contributed by atoms with Gasteiger partial charge in [0.1, 0.15) is 0 Å². The first-order chi connectivity index (χ1) is 6.00. The molecular weight excluding hydrogens is 198 g/mol. The molecule has 1 N–H and O–H groups in total. The van der Waals surface area contributed by atoms with Gasteiger partial charge < -0.3 is 9.84 Å². The first kappa shape index (κ1) is 9.87. The number of nitrogens with zero attached hydrogens (tertiary/aromatic N) is 1. The maximum absolute atomic E-state index is 11.3. The number of methoxy groups -OCH3 is 1. The molecule has 0 aromatic carbocycles. The molecule has 1 aliphatic heterocycles. The molecule has 0 aromatic heterocycles. The third kappa shape index (κ3) is 1.61. The molecule has 1 rings (SSSR count). The van der Waals surface area contributed by atoms with E-state index < -0.39 is 20.7 Å². The molecule has 6 nitrogen and oxygen atoms in total. The Kier molecular flexibility index (Phi) is 2.48. The van der Waals surface area contributed by atoms with Crippen LogP contribution in [0, 0.1) is 0 Å². The number of rotatable bonds is 3. The van der Waals surface area contributed by atoms with Crippen molar-refractivity contribution < 1.29 is 23.1 Å². The summed E-state index contributed by atoms with van der Waals surface area (Å²) >= 11 is 0. The van der Waals surface area contributed by atoms with Crippen molar-refractivity contribution in [2.45, 2.75) is 0 Å². The van der Waals surface area contributed by atoms with Crippen molar-refractivity contribution in [2.75, 3.05) is 13.7 Å². The van der Waals surface area contributed by atoms with Gasteiger partial charge in [0.2, 0.25) is 9.84 Å². The predicted molar refractivity (Wildman–Crippen MR) is 43.9 cm³/mol. The Labute approximate surface area is 74.5 Å². The molecular formula is C6H7NO5S. The van der Waals surface area contributed by atoms with Crippen molar-refractivity contribution in [2.24, 2.45) is 4.99 Å². The Hall–Kier alpha value is -1.21. The van der Waals surface area contributed by atoms with E-state index in [0.29, 0.717) is 0 Å². The zero-order valence-electron chi connectivity index (χ0n) is 6.72. The third-order valence-electron chi connectivity index (χ3n) is 1.40. The highest BCUT2D eigenvalue weighted by molar-refractivity contribution is 8.10. The SMILES string of the molecule is COCC1=NC=C(C(=O)O)S1(=O)=O. The highest BCUT2D eigenvalue weighted by Gasteiger charge is 2.34. The molecule has 0 radical (unpaired) electrons. The zero-order chi connectivity index (χ0) is 10.1. The van der Waals surface area contributed by atoms with E-state index in [1.807, 2.05) is 0 Å². The molecule has 13 heavy (non-hydrogen) atoms. The van der Waals surface area contributed by atoms with E-state index in [4.69, 9.17) is 5.11 Å². The van der Waals surface area contributed by atoms with Gasteiger partial charge in [0.05, 0.1) is 12.8 Å². The minimum absolute atomic E-state index is 0.213. The molecule has 0 saturated carbocycles. The van der Waals surface area contributed by atoms with Gasteiger partial charge in [-0.05, 0) is 0 Å². The second kappa shape index (κ2) is 3.27. The fourth-order valence-electron chi connectivity index (χ4n) is 0.805. The van der Waals surface area contributed by atoms with E-state index in [1.54, 1.807) is 0 Å². The van der Waals surface area contributed by atoms with Crippen LogP contribution in [-0.2, 0) is 19.4 Å². The third-order valence-corrected chi connectivity index (χ3v) is 3.11. The summed E-state index contributed by atoms with van der Waals surface area (Å²) in [6, 6.07) is 0. The highest BCUT2D eigenvalue weighted by atomic mass is 32.2. The number of ether oxygens (including phenoxy) is 1. The van der Waals surface area contributed by atoms with Gasteiger partial charge in [0.15, 0.2) is 9.95 Å². The fourth-order valence-corrected chi connectivity index (χ4v) is 1.94. The monoisotopic (exact) mass is 205 g/mol. The van der Waals surface area contributed by atoms with E-state index in [1.165, 1.54) is 7.11 Å². The molecule has 72 valence electrons. The molecule has 0 bridgehead atoms. The summed E-state index contributed by atoms with van der Waals surface area (Å²) in [5.41, 5.74) is 0. The van der Waals surface area contributed by atoms with Crippen LogP contribution in [-0.4, -0.2) is 38.3 Å². The van der Waals surface area contributed by atoms with Gasteiger partial charge in [-0.3, -0.25) is 0 Å². The number of carbonyl (C=O) groups is 1. The van der Waals surface area contributed by atoms with Crippen LogP contribution in [0.1, 0.15) is 0 Å². The second-order valence-corrected chi connectivity index (χ2v) is 4.18. The Balaban J connectivity index is 3.02. The van der Waals surface area contributed by atoms with Gasteiger partial charge in [-0.1, -0.05) is 0 Å². The first-order valence-electron chi connectivity index (χ1n) is 3.24. The lowest BCUT2D eigenvalue weighted by atomic mass is 10.6. The van der Waals surface area contributed by atoms with Crippen LogP contribution in [0.4, 0.5) is 0 Å². The molecule has 0 aliphatic carbocycles. The van der Waals surface area contributed by atoms with Crippen molar-refractivity contribution in [3.63, 3.8) is 0 Å². The van der Waals surface area contributed by atoms with Crippen molar-refractivity contribution in [3.05, 3.63) is 11.1 Å². The number of hydrogen-bond acceptors (Lipinski definition) is 5. The summed E-state index contributed by atoms with van der Waals surface area (Å²) in [5, 5.41) is 8.20. The predicted octanol–water partition coefficient (Wildman–Crippen LogP) is -0.614. The maximum atomic E-state index is 11.3. The van der Waals surface area contributed by atoms with Crippen LogP contribution < -0.4 is 0 Å². The molecule has 0 fully saturated rings. The van der Waals surface area contributed by atoms with Crippen molar-refractivity contribution in [1.29, 1.82) is 0 Å². The molecule has 0 atom stereocenters. The minimum Gasteiger partial charge on any atom is -0.477 e. The van der Waals surface area contributed by atoms with Crippen LogP contribution in [0.5, 0.6) is 0 Å². The fraction of sp³-hybridized carbons (Fsp3) is 0.333. The highest BCUT2D eigenvalue weighted by Crippen LogP contribution is 2.17. The van der Waals surface area contributed by atoms with Crippen LogP contribution in [0.3, 0.4) is 0 Å². The normalized spacial score (nSPS) is 19.5. The minimum atomic E-state index is -3.90. The number of hydrogen-bond donors (Lipinski definition) is 1. The summed E-state index contributed by atoms with van der Waals surface area (Å²) in [6.07, 6.45) is 0.812. The van der Waals surface area contributed by atoms with Crippen molar-refractivity contribution >= 4 is 20.9 Å². The summed E-state index contributed by atoms with van der Waals surface area (Å²) in [7, 11) is -2.60. The second-order valence-electron chi connectivity index (χ2n) is 2.26. The van der Waals surface area contributed by atoms with E-state index >= 15 is 0 Å². The smallest absolute Gasteiger partial charge is 0.349 e. The number of aliphatic imine (C=N–C) groups is 1. The Bertz CT molecular complexity index is 391. The quantitative estimate of drug-likeness (QED) is 0.663. The molecule has 0 amide bonds. The average Bonchev–Trinajstić information content (AvgIpc) is 2.28. The maximum Gasteiger partial charge on any atom is 0.349 e. The van der Waals surface area contributed by atoms with Crippen LogP contribution in [0.25, 0.3) is 0 Å². The molecule has 0 unspecified atom stereocenters.